The van der Waals surface area contributed by atoms with Crippen LogP contribution in [-0.2, 0) is 16.0 Å². The quantitative estimate of drug-likeness (QED) is 0.815. The van der Waals surface area contributed by atoms with Gasteiger partial charge in [-0.15, -0.1) is 0 Å². The molecule has 2 aromatic carbocycles. The van der Waals surface area contributed by atoms with Gasteiger partial charge in [-0.2, -0.15) is 0 Å². The topological polar surface area (TPSA) is 61.4 Å². The van der Waals surface area contributed by atoms with Crippen LogP contribution in [0.1, 0.15) is 17.5 Å². The second-order valence-corrected chi connectivity index (χ2v) is 6.25. The number of aryl methyl sites for hydroxylation is 2. The van der Waals surface area contributed by atoms with Gasteiger partial charge in [0.1, 0.15) is 0 Å². The molecule has 0 atom stereocenters. The van der Waals surface area contributed by atoms with Crippen LogP contribution in [0, 0.1) is 6.92 Å². The Balaban J connectivity index is 1.78. The number of anilines is 2. The molecule has 0 radical (unpaired) electrons. The maximum Gasteiger partial charge on any atom is 0.243 e. The number of benzene rings is 2. The third-order valence-corrected chi connectivity index (χ3v) is 3.87. The first kappa shape index (κ1) is 18.5. The number of hydrogen-bond acceptors (Lipinski definition) is 3. The van der Waals surface area contributed by atoms with Crippen LogP contribution >= 0.6 is 0 Å². The molecule has 25 heavy (non-hydrogen) atoms. The molecule has 2 amide bonds. The van der Waals surface area contributed by atoms with Gasteiger partial charge in [0.2, 0.25) is 11.8 Å². The van der Waals surface area contributed by atoms with Crippen molar-refractivity contribution in [2.45, 2.75) is 19.8 Å². The Hall–Kier alpha value is -2.82. The summed E-state index contributed by atoms with van der Waals surface area (Å²) in [6.07, 6.45) is 1.21. The van der Waals surface area contributed by atoms with Gasteiger partial charge in [-0.1, -0.05) is 29.8 Å². The molecule has 0 fully saturated rings. The molecular formula is C20H25N3O2. The highest BCUT2D eigenvalue weighted by molar-refractivity contribution is 5.93. The lowest BCUT2D eigenvalue weighted by Gasteiger charge is -2.11. The number of nitrogens with zero attached hydrogens (tertiary/aromatic N) is 1. The van der Waals surface area contributed by atoms with E-state index in [4.69, 9.17) is 0 Å². The predicted octanol–water partition coefficient (Wildman–Crippen LogP) is 3.07. The van der Waals surface area contributed by atoms with Crippen LogP contribution in [0.15, 0.2) is 48.5 Å². The lowest BCUT2D eigenvalue weighted by Crippen LogP contribution is -2.22. The fraction of sp³-hybridized carbons (Fsp3) is 0.300. The number of carbonyl (C=O) groups is 2. The fourth-order valence-corrected chi connectivity index (χ4v) is 2.29. The van der Waals surface area contributed by atoms with E-state index in [-0.39, 0.29) is 18.4 Å². The Morgan fingerprint density at radius 2 is 1.52 bits per heavy atom. The zero-order valence-electron chi connectivity index (χ0n) is 15.0. The summed E-state index contributed by atoms with van der Waals surface area (Å²) >= 11 is 0. The van der Waals surface area contributed by atoms with Gasteiger partial charge >= 0.3 is 0 Å². The van der Waals surface area contributed by atoms with Gasteiger partial charge in [-0.3, -0.25) is 9.59 Å². The summed E-state index contributed by atoms with van der Waals surface area (Å²) in [5, 5.41) is 5.95. The summed E-state index contributed by atoms with van der Waals surface area (Å²) in [7, 11) is 3.52. The van der Waals surface area contributed by atoms with E-state index >= 15 is 0 Å². The predicted molar refractivity (Wildman–Crippen MR) is 102 cm³/mol. The summed E-state index contributed by atoms with van der Waals surface area (Å²) in [6.45, 7) is 2.21. The molecule has 132 valence electrons. The number of amides is 2. The van der Waals surface area contributed by atoms with Crippen molar-refractivity contribution in [3.63, 3.8) is 0 Å². The van der Waals surface area contributed by atoms with Crippen molar-refractivity contribution in [3.05, 3.63) is 59.7 Å². The molecule has 2 aromatic rings. The van der Waals surface area contributed by atoms with Crippen LogP contribution in [0.4, 0.5) is 11.4 Å². The van der Waals surface area contributed by atoms with Crippen LogP contribution < -0.4 is 10.6 Å². The van der Waals surface area contributed by atoms with E-state index in [0.717, 1.165) is 22.5 Å². The van der Waals surface area contributed by atoms with E-state index in [1.54, 1.807) is 19.0 Å². The maximum atomic E-state index is 12.0. The van der Waals surface area contributed by atoms with Gasteiger partial charge in [0.25, 0.3) is 0 Å². The van der Waals surface area contributed by atoms with Crippen LogP contribution in [0.3, 0.4) is 0 Å². The van der Waals surface area contributed by atoms with E-state index in [1.165, 1.54) is 0 Å². The minimum absolute atomic E-state index is 0.0930. The highest BCUT2D eigenvalue weighted by Gasteiger charge is 2.05. The van der Waals surface area contributed by atoms with Crippen molar-refractivity contribution in [3.8, 4) is 0 Å². The first-order valence-corrected chi connectivity index (χ1v) is 8.33. The third kappa shape index (κ3) is 6.30. The third-order valence-electron chi connectivity index (χ3n) is 3.87. The molecule has 0 heterocycles. The average molecular weight is 339 g/mol. The van der Waals surface area contributed by atoms with Crippen LogP contribution in [-0.4, -0.2) is 37.4 Å². The standard InChI is InChI=1S/C20H25N3O2/c1-15-4-9-18(10-5-15)22-19(24)14-21-17-11-6-16(7-12-17)8-13-20(25)23(2)3/h4-7,9-12,21H,8,13-14H2,1-3H3,(H,22,24). The molecule has 2 rings (SSSR count). The Morgan fingerprint density at radius 1 is 0.920 bits per heavy atom. The van der Waals surface area contributed by atoms with Gasteiger partial charge < -0.3 is 15.5 Å². The van der Waals surface area contributed by atoms with Gasteiger partial charge in [0, 0.05) is 31.9 Å². The zero-order valence-corrected chi connectivity index (χ0v) is 15.0. The molecule has 0 saturated heterocycles. The zero-order chi connectivity index (χ0) is 18.2. The minimum Gasteiger partial charge on any atom is -0.376 e. The lowest BCUT2D eigenvalue weighted by molar-refractivity contribution is -0.128. The van der Waals surface area contributed by atoms with Crippen molar-refractivity contribution >= 4 is 23.2 Å². The SMILES string of the molecule is Cc1ccc(NC(=O)CNc2ccc(CCC(=O)N(C)C)cc2)cc1. The van der Waals surface area contributed by atoms with Gasteiger partial charge in [-0.25, -0.2) is 0 Å². The van der Waals surface area contributed by atoms with Gasteiger partial charge in [-0.05, 0) is 43.2 Å². The summed E-state index contributed by atoms with van der Waals surface area (Å²) in [6, 6.07) is 15.5. The maximum absolute atomic E-state index is 12.0. The molecule has 0 bridgehead atoms. The van der Waals surface area contributed by atoms with Crippen LogP contribution in [0.25, 0.3) is 0 Å². The molecule has 2 N–H and O–H groups in total. The number of nitrogens with one attached hydrogen (secondary N) is 2. The van der Waals surface area contributed by atoms with Crippen molar-refractivity contribution in [1.29, 1.82) is 0 Å². The number of carbonyl (C=O) groups excluding carboxylic acids is 2. The van der Waals surface area contributed by atoms with Crippen molar-refractivity contribution < 1.29 is 9.59 Å². The largest absolute Gasteiger partial charge is 0.376 e. The highest BCUT2D eigenvalue weighted by Crippen LogP contribution is 2.12. The minimum atomic E-state index is -0.0930. The Labute approximate surface area is 149 Å². The summed E-state index contributed by atoms with van der Waals surface area (Å²) < 4.78 is 0. The fourth-order valence-electron chi connectivity index (χ4n) is 2.29. The Morgan fingerprint density at radius 3 is 2.12 bits per heavy atom. The summed E-state index contributed by atoms with van der Waals surface area (Å²) in [4.78, 5) is 25.2. The summed E-state index contributed by atoms with van der Waals surface area (Å²) in [5.41, 5.74) is 3.92. The molecule has 0 aromatic heterocycles. The average Bonchev–Trinajstić information content (AvgIpc) is 2.60. The van der Waals surface area contributed by atoms with E-state index in [2.05, 4.69) is 10.6 Å². The molecule has 0 saturated carbocycles. The molecule has 0 unspecified atom stereocenters. The normalized spacial score (nSPS) is 10.2. The van der Waals surface area contributed by atoms with Crippen molar-refractivity contribution in [2.75, 3.05) is 31.3 Å². The van der Waals surface area contributed by atoms with Crippen LogP contribution in [0.5, 0.6) is 0 Å². The Bertz CT molecular complexity index is 707. The molecule has 5 heteroatoms. The van der Waals surface area contributed by atoms with E-state index in [1.807, 2.05) is 55.5 Å². The molecular weight excluding hydrogens is 314 g/mol. The molecule has 0 aliphatic heterocycles. The lowest BCUT2D eigenvalue weighted by atomic mass is 10.1. The van der Waals surface area contributed by atoms with Crippen LogP contribution in [0.2, 0.25) is 0 Å². The van der Waals surface area contributed by atoms with E-state index in [9.17, 15) is 9.59 Å². The highest BCUT2D eigenvalue weighted by atomic mass is 16.2. The molecule has 0 aliphatic carbocycles. The Kier molecular flexibility index (Phi) is 6.57. The first-order chi connectivity index (χ1) is 11.9. The molecule has 0 aliphatic rings. The number of rotatable bonds is 7. The van der Waals surface area contributed by atoms with E-state index in [0.29, 0.717) is 12.8 Å². The second-order valence-electron chi connectivity index (χ2n) is 6.25. The first-order valence-electron chi connectivity index (χ1n) is 8.33. The summed E-state index contributed by atoms with van der Waals surface area (Å²) in [5.74, 6) is 0.0273. The van der Waals surface area contributed by atoms with E-state index < -0.39 is 0 Å². The number of hydrogen-bond donors (Lipinski definition) is 2. The van der Waals surface area contributed by atoms with Gasteiger partial charge in [0.15, 0.2) is 0 Å². The monoisotopic (exact) mass is 339 g/mol. The smallest absolute Gasteiger partial charge is 0.243 e. The van der Waals surface area contributed by atoms with Crippen molar-refractivity contribution in [1.82, 2.24) is 4.90 Å². The molecule has 5 nitrogen and oxygen atoms in total. The van der Waals surface area contributed by atoms with Gasteiger partial charge in [0.05, 0.1) is 6.54 Å². The molecule has 0 spiro atoms. The second kappa shape index (κ2) is 8.87. The van der Waals surface area contributed by atoms with Crippen molar-refractivity contribution in [2.24, 2.45) is 0 Å².